The van der Waals surface area contributed by atoms with Gasteiger partial charge in [0.1, 0.15) is 0 Å². The van der Waals surface area contributed by atoms with E-state index in [1.54, 1.807) is 0 Å². The van der Waals surface area contributed by atoms with Crippen LogP contribution in [0.25, 0.3) is 0 Å². The smallest absolute Gasteiger partial charge is 0.236 e. The predicted octanol–water partition coefficient (Wildman–Crippen LogP) is -0.874. The summed E-state index contributed by atoms with van der Waals surface area (Å²) in [6, 6.07) is 0. The molecule has 0 unspecified atom stereocenters. The van der Waals surface area contributed by atoms with Gasteiger partial charge < -0.3 is 15.4 Å². The minimum atomic E-state index is 0.0674. The second kappa shape index (κ2) is 4.69. The SMILES string of the molecule is CC1(CN2CCN(C(=O)CN)CC2)COC1. The van der Waals surface area contributed by atoms with Gasteiger partial charge in [-0.15, -0.1) is 0 Å². The Morgan fingerprint density at radius 3 is 2.38 bits per heavy atom. The molecule has 2 fully saturated rings. The van der Waals surface area contributed by atoms with Gasteiger partial charge in [0.2, 0.25) is 5.91 Å². The highest BCUT2D eigenvalue weighted by Gasteiger charge is 2.36. The number of hydrogen-bond donors (Lipinski definition) is 1. The molecule has 0 aromatic rings. The van der Waals surface area contributed by atoms with E-state index in [2.05, 4.69) is 11.8 Å². The van der Waals surface area contributed by atoms with Gasteiger partial charge in [0.15, 0.2) is 0 Å². The predicted molar refractivity (Wildman–Crippen MR) is 61.0 cm³/mol. The molecule has 1 amide bonds. The molecule has 5 heteroatoms. The topological polar surface area (TPSA) is 58.8 Å². The first-order valence-corrected chi connectivity index (χ1v) is 5.91. The number of rotatable bonds is 3. The quantitative estimate of drug-likeness (QED) is 0.680. The maximum absolute atomic E-state index is 11.4. The van der Waals surface area contributed by atoms with E-state index in [0.717, 1.165) is 45.9 Å². The third-order valence-corrected chi connectivity index (χ3v) is 3.41. The monoisotopic (exact) mass is 227 g/mol. The van der Waals surface area contributed by atoms with Crippen molar-refractivity contribution in [1.29, 1.82) is 0 Å². The van der Waals surface area contributed by atoms with Crippen LogP contribution >= 0.6 is 0 Å². The molecule has 2 saturated heterocycles. The number of hydrogen-bond acceptors (Lipinski definition) is 4. The lowest BCUT2D eigenvalue weighted by molar-refractivity contribution is -0.134. The summed E-state index contributed by atoms with van der Waals surface area (Å²) in [7, 11) is 0. The number of piperazine rings is 1. The second-order valence-electron chi connectivity index (χ2n) is 5.16. The molecule has 0 aromatic heterocycles. The molecule has 92 valence electrons. The third kappa shape index (κ3) is 2.53. The molecular formula is C11H21N3O2. The van der Waals surface area contributed by atoms with Gasteiger partial charge in [-0.2, -0.15) is 0 Å². The van der Waals surface area contributed by atoms with Crippen LogP contribution in [0.4, 0.5) is 0 Å². The fourth-order valence-electron chi connectivity index (χ4n) is 2.37. The van der Waals surface area contributed by atoms with Gasteiger partial charge in [0, 0.05) is 38.1 Å². The molecule has 2 heterocycles. The van der Waals surface area contributed by atoms with Gasteiger partial charge in [-0.25, -0.2) is 0 Å². The second-order valence-corrected chi connectivity index (χ2v) is 5.16. The Bertz CT molecular complexity index is 258. The van der Waals surface area contributed by atoms with Crippen LogP contribution in [0, 0.1) is 5.41 Å². The first-order valence-electron chi connectivity index (χ1n) is 5.91. The highest BCUT2D eigenvalue weighted by molar-refractivity contribution is 5.78. The van der Waals surface area contributed by atoms with Gasteiger partial charge in [0.05, 0.1) is 19.8 Å². The molecule has 0 radical (unpaired) electrons. The van der Waals surface area contributed by atoms with Crippen LogP contribution in [0.15, 0.2) is 0 Å². The molecule has 5 nitrogen and oxygen atoms in total. The Morgan fingerprint density at radius 2 is 1.94 bits per heavy atom. The number of carbonyl (C=O) groups excluding carboxylic acids is 1. The molecule has 2 aliphatic rings. The summed E-state index contributed by atoms with van der Waals surface area (Å²) in [5.41, 5.74) is 5.68. The zero-order valence-corrected chi connectivity index (χ0v) is 9.95. The summed E-state index contributed by atoms with van der Waals surface area (Å²) in [4.78, 5) is 15.7. The summed E-state index contributed by atoms with van der Waals surface area (Å²) < 4.78 is 5.25. The van der Waals surface area contributed by atoms with Crippen LogP contribution in [0.2, 0.25) is 0 Å². The van der Waals surface area contributed by atoms with E-state index in [4.69, 9.17) is 10.5 Å². The van der Waals surface area contributed by atoms with Crippen molar-refractivity contribution in [1.82, 2.24) is 9.80 Å². The first-order chi connectivity index (χ1) is 7.63. The highest BCUT2D eigenvalue weighted by atomic mass is 16.5. The fourth-order valence-corrected chi connectivity index (χ4v) is 2.37. The Kier molecular flexibility index (Phi) is 3.47. The van der Waals surface area contributed by atoms with Gasteiger partial charge in [0.25, 0.3) is 0 Å². The third-order valence-electron chi connectivity index (χ3n) is 3.41. The minimum Gasteiger partial charge on any atom is -0.380 e. The zero-order chi connectivity index (χ0) is 11.6. The van der Waals surface area contributed by atoms with Crippen molar-refractivity contribution in [3.8, 4) is 0 Å². The lowest BCUT2D eigenvalue weighted by atomic mass is 9.88. The Balaban J connectivity index is 1.74. The average Bonchev–Trinajstić information content (AvgIpc) is 2.27. The largest absolute Gasteiger partial charge is 0.380 e. The summed E-state index contributed by atoms with van der Waals surface area (Å²) in [6.45, 7) is 8.75. The zero-order valence-electron chi connectivity index (χ0n) is 9.95. The van der Waals surface area contributed by atoms with Crippen molar-refractivity contribution >= 4 is 5.91 Å². The Morgan fingerprint density at radius 1 is 1.31 bits per heavy atom. The van der Waals surface area contributed by atoms with Gasteiger partial charge in [-0.1, -0.05) is 6.92 Å². The van der Waals surface area contributed by atoms with E-state index < -0.39 is 0 Å². The van der Waals surface area contributed by atoms with Crippen LogP contribution in [0.1, 0.15) is 6.92 Å². The fraction of sp³-hybridized carbons (Fsp3) is 0.909. The van der Waals surface area contributed by atoms with Crippen molar-refractivity contribution in [3.63, 3.8) is 0 Å². The first kappa shape index (κ1) is 11.8. The average molecular weight is 227 g/mol. The van der Waals surface area contributed by atoms with Crippen molar-refractivity contribution in [2.75, 3.05) is 52.5 Å². The van der Waals surface area contributed by atoms with Gasteiger partial charge in [-0.3, -0.25) is 9.69 Å². The van der Waals surface area contributed by atoms with Gasteiger partial charge >= 0.3 is 0 Å². The van der Waals surface area contributed by atoms with Crippen LogP contribution in [0.5, 0.6) is 0 Å². The van der Waals surface area contributed by atoms with Crippen LogP contribution in [-0.2, 0) is 9.53 Å². The molecule has 0 bridgehead atoms. The molecule has 0 saturated carbocycles. The maximum atomic E-state index is 11.4. The molecule has 0 spiro atoms. The minimum absolute atomic E-state index is 0.0674. The van der Waals surface area contributed by atoms with Crippen molar-refractivity contribution in [3.05, 3.63) is 0 Å². The maximum Gasteiger partial charge on any atom is 0.236 e. The molecular weight excluding hydrogens is 206 g/mol. The number of ether oxygens (including phenoxy) is 1. The van der Waals surface area contributed by atoms with Crippen molar-refractivity contribution < 1.29 is 9.53 Å². The van der Waals surface area contributed by atoms with Crippen molar-refractivity contribution in [2.45, 2.75) is 6.92 Å². The van der Waals surface area contributed by atoms with E-state index in [-0.39, 0.29) is 12.5 Å². The molecule has 2 aliphatic heterocycles. The summed E-state index contributed by atoms with van der Waals surface area (Å²) in [5, 5.41) is 0. The Hall–Kier alpha value is -0.650. The van der Waals surface area contributed by atoms with Gasteiger partial charge in [-0.05, 0) is 0 Å². The van der Waals surface area contributed by atoms with E-state index in [0.29, 0.717) is 5.41 Å². The van der Waals surface area contributed by atoms with Crippen molar-refractivity contribution in [2.24, 2.45) is 11.1 Å². The van der Waals surface area contributed by atoms with Crippen LogP contribution in [-0.4, -0.2) is 68.2 Å². The van der Waals surface area contributed by atoms with Crippen LogP contribution in [0.3, 0.4) is 0 Å². The molecule has 16 heavy (non-hydrogen) atoms. The Labute approximate surface area is 96.5 Å². The standard InChI is InChI=1S/C11H21N3O2/c1-11(8-16-9-11)7-13-2-4-14(5-3-13)10(15)6-12/h2-9,12H2,1H3. The lowest BCUT2D eigenvalue weighted by Gasteiger charge is -2.44. The molecule has 0 aromatic carbocycles. The van der Waals surface area contributed by atoms with E-state index >= 15 is 0 Å². The number of carbonyl (C=O) groups is 1. The molecule has 2 rings (SSSR count). The molecule has 2 N–H and O–H groups in total. The summed E-state index contributed by atoms with van der Waals surface area (Å²) in [6.07, 6.45) is 0. The molecule has 0 aliphatic carbocycles. The number of amides is 1. The summed E-state index contributed by atoms with van der Waals surface area (Å²) >= 11 is 0. The van der Waals surface area contributed by atoms with E-state index in [1.165, 1.54) is 0 Å². The number of nitrogens with zero attached hydrogens (tertiary/aromatic N) is 2. The molecule has 0 atom stereocenters. The highest BCUT2D eigenvalue weighted by Crippen LogP contribution is 2.27. The number of nitrogens with two attached hydrogens (primary N) is 1. The van der Waals surface area contributed by atoms with E-state index in [9.17, 15) is 4.79 Å². The van der Waals surface area contributed by atoms with Crippen LogP contribution < -0.4 is 5.73 Å². The lowest BCUT2D eigenvalue weighted by Crippen LogP contribution is -2.55. The summed E-state index contributed by atoms with van der Waals surface area (Å²) in [5.74, 6) is 0.0674. The normalized spacial score (nSPS) is 25.2. The van der Waals surface area contributed by atoms with E-state index in [1.807, 2.05) is 4.90 Å².